The van der Waals surface area contributed by atoms with Crippen LogP contribution in [-0.4, -0.2) is 70.0 Å². The molecule has 2 unspecified atom stereocenters. The SMILES string of the molecule is CC/C=C\C/C=C\C/C=C\C/C=C\C/C=C\C/C=C\CCCCCCCCCCC(=O)OC(COC(=O)CCCCCCC/C=C\CCCCCC)COP(=O)([O-])OCC[N+](C)(C)C. The summed E-state index contributed by atoms with van der Waals surface area (Å²) in [6.07, 6.45) is 59.0. The molecule has 9 nitrogen and oxygen atoms in total. The van der Waals surface area contributed by atoms with E-state index in [2.05, 4.69) is 98.9 Å². The highest BCUT2D eigenvalue weighted by Crippen LogP contribution is 2.38. The van der Waals surface area contributed by atoms with Gasteiger partial charge in [0.05, 0.1) is 27.7 Å². The second-order valence-electron chi connectivity index (χ2n) is 17.8. The summed E-state index contributed by atoms with van der Waals surface area (Å²) in [4.78, 5) is 37.7. The lowest BCUT2D eigenvalue weighted by Crippen LogP contribution is -2.37. The second kappa shape index (κ2) is 45.4. The first-order chi connectivity index (χ1) is 31.0. The van der Waals surface area contributed by atoms with E-state index in [4.69, 9.17) is 18.5 Å². The minimum atomic E-state index is -4.64. The summed E-state index contributed by atoms with van der Waals surface area (Å²) >= 11 is 0. The van der Waals surface area contributed by atoms with Gasteiger partial charge in [-0.25, -0.2) is 0 Å². The quantitative estimate of drug-likeness (QED) is 0.0195. The van der Waals surface area contributed by atoms with Crippen LogP contribution in [0.3, 0.4) is 0 Å². The van der Waals surface area contributed by atoms with Gasteiger partial charge in [0.1, 0.15) is 19.8 Å². The van der Waals surface area contributed by atoms with Crippen LogP contribution in [0.25, 0.3) is 0 Å². The molecule has 0 rings (SSSR count). The number of unbranched alkanes of at least 4 members (excludes halogenated alkanes) is 17. The zero-order valence-electron chi connectivity index (χ0n) is 41.4. The van der Waals surface area contributed by atoms with E-state index in [1.54, 1.807) is 0 Å². The smallest absolute Gasteiger partial charge is 0.306 e. The van der Waals surface area contributed by atoms with Crippen LogP contribution in [-0.2, 0) is 32.7 Å². The Bertz CT molecular complexity index is 1360. The predicted molar refractivity (Wildman–Crippen MR) is 268 cm³/mol. The summed E-state index contributed by atoms with van der Waals surface area (Å²) in [6, 6.07) is 0. The van der Waals surface area contributed by atoms with Crippen molar-refractivity contribution in [1.82, 2.24) is 0 Å². The van der Waals surface area contributed by atoms with E-state index >= 15 is 0 Å². The van der Waals surface area contributed by atoms with E-state index in [1.807, 2.05) is 21.1 Å². The number of quaternary nitrogens is 1. The van der Waals surface area contributed by atoms with Crippen molar-refractivity contribution in [2.45, 2.75) is 200 Å². The average Bonchev–Trinajstić information content (AvgIpc) is 3.25. The largest absolute Gasteiger partial charge is 0.756 e. The van der Waals surface area contributed by atoms with Crippen LogP contribution in [0.2, 0.25) is 0 Å². The van der Waals surface area contributed by atoms with Crippen LogP contribution in [0.4, 0.5) is 0 Å². The normalized spacial score (nSPS) is 14.2. The average molecular weight is 916 g/mol. The number of phosphoric acid groups is 1. The third kappa shape index (κ3) is 48.6. The number of carbonyl (C=O) groups is 2. The van der Waals surface area contributed by atoms with Gasteiger partial charge >= 0.3 is 11.9 Å². The third-order valence-corrected chi connectivity index (χ3v) is 11.4. The molecule has 0 bridgehead atoms. The number of nitrogens with zero attached hydrogens (tertiary/aromatic N) is 1. The van der Waals surface area contributed by atoms with Crippen molar-refractivity contribution < 1.29 is 42.1 Å². The summed E-state index contributed by atoms with van der Waals surface area (Å²) in [7, 11) is 1.14. The first-order valence-corrected chi connectivity index (χ1v) is 26.8. The number of carbonyl (C=O) groups excluding carboxylic acids is 2. The second-order valence-corrected chi connectivity index (χ2v) is 19.2. The Labute approximate surface area is 392 Å². The molecule has 0 aliphatic carbocycles. The molecule has 0 heterocycles. The standard InChI is InChI=1S/C54H94NO8P/c1-6-8-10-12-14-16-18-20-21-22-23-24-25-26-27-28-29-30-31-32-33-35-37-39-41-43-45-47-54(57)63-52(51-62-64(58,59)61-49-48-55(3,4)5)50-60-53(56)46-44-42-40-38-36-34-19-17-15-13-11-9-7-2/h8,10,14,16-17,19-21,23-24,26-27,29-30,52H,6-7,9,11-13,15,18,22,25,28,31-51H2,1-5H3/b10-8-,16-14-,19-17-,21-20-,24-23-,27-26-,30-29-. The highest BCUT2D eigenvalue weighted by Gasteiger charge is 2.21. The number of allylic oxidation sites excluding steroid dienone is 14. The van der Waals surface area contributed by atoms with Crippen LogP contribution >= 0.6 is 7.82 Å². The Hall–Kier alpha value is -2.81. The number of rotatable bonds is 45. The number of phosphoric ester groups is 1. The Balaban J connectivity index is 4.26. The van der Waals surface area contributed by atoms with Gasteiger partial charge in [0.2, 0.25) is 0 Å². The van der Waals surface area contributed by atoms with Crippen LogP contribution in [0.5, 0.6) is 0 Å². The Morgan fingerprint density at radius 1 is 0.500 bits per heavy atom. The van der Waals surface area contributed by atoms with Gasteiger partial charge in [-0.3, -0.25) is 14.2 Å². The predicted octanol–water partition coefficient (Wildman–Crippen LogP) is 14.5. The molecule has 10 heteroatoms. The molecule has 0 aromatic carbocycles. The molecule has 0 N–H and O–H groups in total. The van der Waals surface area contributed by atoms with Gasteiger partial charge in [-0.15, -0.1) is 0 Å². The van der Waals surface area contributed by atoms with E-state index in [0.717, 1.165) is 96.3 Å². The summed E-state index contributed by atoms with van der Waals surface area (Å²) in [6.45, 7) is 4.07. The molecule has 0 fully saturated rings. The summed E-state index contributed by atoms with van der Waals surface area (Å²) < 4.78 is 34.0. The summed E-state index contributed by atoms with van der Waals surface area (Å²) in [5.41, 5.74) is 0. The summed E-state index contributed by atoms with van der Waals surface area (Å²) in [5, 5.41) is 0. The molecule has 64 heavy (non-hydrogen) atoms. The van der Waals surface area contributed by atoms with Crippen LogP contribution < -0.4 is 4.89 Å². The molecule has 0 radical (unpaired) electrons. The van der Waals surface area contributed by atoms with Crippen molar-refractivity contribution in [3.05, 3.63) is 85.1 Å². The molecular weight excluding hydrogens is 822 g/mol. The number of hydrogen-bond donors (Lipinski definition) is 0. The third-order valence-electron chi connectivity index (χ3n) is 10.4. The maximum atomic E-state index is 12.7. The molecule has 0 aliphatic heterocycles. The van der Waals surface area contributed by atoms with Gasteiger partial charge in [-0.2, -0.15) is 0 Å². The van der Waals surface area contributed by atoms with Gasteiger partial charge in [0.25, 0.3) is 7.82 Å². The van der Waals surface area contributed by atoms with Crippen molar-refractivity contribution in [3.63, 3.8) is 0 Å². The van der Waals surface area contributed by atoms with Gasteiger partial charge in [0, 0.05) is 12.8 Å². The molecule has 0 aromatic heterocycles. The Kier molecular flexibility index (Phi) is 43.4. The van der Waals surface area contributed by atoms with E-state index in [-0.39, 0.29) is 26.1 Å². The van der Waals surface area contributed by atoms with Gasteiger partial charge < -0.3 is 27.9 Å². The molecule has 0 saturated carbocycles. The minimum absolute atomic E-state index is 0.0378. The molecule has 0 saturated heterocycles. The molecule has 368 valence electrons. The monoisotopic (exact) mass is 916 g/mol. The molecule has 0 aliphatic rings. The van der Waals surface area contributed by atoms with Crippen LogP contribution in [0, 0.1) is 0 Å². The zero-order chi connectivity index (χ0) is 47.1. The molecule has 0 aromatic rings. The Morgan fingerprint density at radius 2 is 0.891 bits per heavy atom. The fourth-order valence-corrected chi connectivity index (χ4v) is 7.20. The van der Waals surface area contributed by atoms with Crippen molar-refractivity contribution in [2.75, 3.05) is 47.5 Å². The first kappa shape index (κ1) is 61.2. The van der Waals surface area contributed by atoms with E-state index in [0.29, 0.717) is 23.9 Å². The number of hydrogen-bond acceptors (Lipinski definition) is 8. The van der Waals surface area contributed by atoms with Gasteiger partial charge in [-0.1, -0.05) is 176 Å². The topological polar surface area (TPSA) is 111 Å². The maximum absolute atomic E-state index is 12.7. The Morgan fingerprint density at radius 3 is 1.34 bits per heavy atom. The van der Waals surface area contributed by atoms with E-state index in [9.17, 15) is 19.0 Å². The number of ether oxygens (including phenoxy) is 2. The first-order valence-electron chi connectivity index (χ1n) is 25.3. The van der Waals surface area contributed by atoms with Crippen molar-refractivity contribution in [2.24, 2.45) is 0 Å². The molecular formula is C54H94NO8P. The fourth-order valence-electron chi connectivity index (χ4n) is 6.48. The minimum Gasteiger partial charge on any atom is -0.756 e. The van der Waals surface area contributed by atoms with E-state index in [1.165, 1.54) is 57.8 Å². The summed E-state index contributed by atoms with van der Waals surface area (Å²) in [5.74, 6) is -0.859. The highest BCUT2D eigenvalue weighted by molar-refractivity contribution is 7.45. The molecule has 0 spiro atoms. The maximum Gasteiger partial charge on any atom is 0.306 e. The van der Waals surface area contributed by atoms with E-state index < -0.39 is 32.5 Å². The number of esters is 2. The lowest BCUT2D eigenvalue weighted by molar-refractivity contribution is -0.870. The molecule has 0 amide bonds. The number of likely N-dealkylation sites (N-methyl/N-ethyl adjacent to an activating group) is 1. The lowest BCUT2D eigenvalue weighted by Gasteiger charge is -2.28. The van der Waals surface area contributed by atoms with Crippen molar-refractivity contribution in [1.29, 1.82) is 0 Å². The van der Waals surface area contributed by atoms with Crippen LogP contribution in [0.1, 0.15) is 194 Å². The van der Waals surface area contributed by atoms with Crippen molar-refractivity contribution in [3.8, 4) is 0 Å². The molecule has 2 atom stereocenters. The zero-order valence-corrected chi connectivity index (χ0v) is 42.3. The van der Waals surface area contributed by atoms with Crippen molar-refractivity contribution >= 4 is 19.8 Å². The van der Waals surface area contributed by atoms with Gasteiger partial charge in [-0.05, 0) is 89.9 Å². The van der Waals surface area contributed by atoms with Crippen LogP contribution in [0.15, 0.2) is 85.1 Å². The van der Waals surface area contributed by atoms with Gasteiger partial charge in [0.15, 0.2) is 6.10 Å². The fraction of sp³-hybridized carbons (Fsp3) is 0.704. The lowest BCUT2D eigenvalue weighted by atomic mass is 10.1. The highest BCUT2D eigenvalue weighted by atomic mass is 31.2.